The van der Waals surface area contributed by atoms with Crippen molar-refractivity contribution in [3.8, 4) is 0 Å². The Labute approximate surface area is 551 Å². The number of fused-ring (bicyclic) bond motifs is 2. The first-order valence-electron chi connectivity index (χ1n) is 32.5. The molecular formula is C63H95N19O13. The van der Waals surface area contributed by atoms with Crippen molar-refractivity contribution in [3.05, 3.63) is 71.3 Å². The Hall–Kier alpha value is -9.17. The lowest BCUT2D eigenvalue weighted by Gasteiger charge is -2.42. The number of likely N-dealkylation sites (tertiary alicyclic amines) is 3. The van der Waals surface area contributed by atoms with E-state index in [4.69, 9.17) is 40.1 Å². The molecule has 0 aromatic heterocycles. The van der Waals surface area contributed by atoms with Crippen LogP contribution in [0.3, 0.4) is 0 Å². The fourth-order valence-corrected chi connectivity index (χ4v) is 13.5. The van der Waals surface area contributed by atoms with Gasteiger partial charge in [0.15, 0.2) is 17.9 Å². The molecular weight excluding hydrogens is 1230 g/mol. The van der Waals surface area contributed by atoms with E-state index >= 15 is 9.59 Å². The number of aliphatic imine (C=N–C) groups is 3. The number of carbonyl (C=O) groups excluding carboxylic acids is 9. The van der Waals surface area contributed by atoms with E-state index in [9.17, 15) is 53.7 Å². The average molecular weight is 1330 g/mol. The number of β-amino-alcohol motifs (C(OH)–C–C–N with tert-alkyl or cyclic N) is 1. The monoisotopic (exact) mass is 1330 g/mol. The first-order valence-corrected chi connectivity index (χ1v) is 32.5. The van der Waals surface area contributed by atoms with Crippen LogP contribution in [0.4, 0.5) is 0 Å². The van der Waals surface area contributed by atoms with Gasteiger partial charge in [-0.15, -0.1) is 0 Å². The molecule has 2 aromatic carbocycles. The number of aliphatic carboxylic acids is 1. The van der Waals surface area contributed by atoms with Gasteiger partial charge in [-0.1, -0.05) is 67.4 Å². The van der Waals surface area contributed by atoms with Crippen LogP contribution >= 0.6 is 0 Å². The fourth-order valence-electron chi connectivity index (χ4n) is 13.5. The number of hydrogen-bond donors (Lipinski definition) is 15. The number of benzene rings is 2. The van der Waals surface area contributed by atoms with E-state index in [1.54, 1.807) is 48.5 Å². The predicted molar refractivity (Wildman–Crippen MR) is 349 cm³/mol. The number of guanidine groups is 3. The van der Waals surface area contributed by atoms with Crippen LogP contribution in [-0.2, 0) is 67.3 Å². The highest BCUT2D eigenvalue weighted by molar-refractivity contribution is 6.00. The molecule has 1 aliphatic carbocycles. The van der Waals surface area contributed by atoms with Crippen molar-refractivity contribution in [1.82, 2.24) is 46.2 Å². The zero-order valence-corrected chi connectivity index (χ0v) is 54.0. The van der Waals surface area contributed by atoms with Crippen molar-refractivity contribution in [2.24, 2.45) is 61.0 Å². The Kier molecular flexibility index (Phi) is 26.0. The summed E-state index contributed by atoms with van der Waals surface area (Å²) in [6.07, 6.45) is 3.21. The van der Waals surface area contributed by atoms with Gasteiger partial charge in [0, 0.05) is 64.6 Å². The van der Waals surface area contributed by atoms with Gasteiger partial charge in [-0.25, -0.2) is 4.79 Å². The molecule has 22 N–H and O–H groups in total. The largest absolute Gasteiger partial charge is 0.480 e. The fraction of sp³-hybridized carbons (Fsp3) is 0.603. The number of rotatable bonds is 30. The summed E-state index contributed by atoms with van der Waals surface area (Å²) in [5.41, 5.74) is 39.0. The highest BCUT2D eigenvalue weighted by atomic mass is 16.4. The molecule has 4 heterocycles. The van der Waals surface area contributed by atoms with Crippen molar-refractivity contribution < 1.29 is 63.3 Å². The lowest BCUT2D eigenvalue weighted by atomic mass is 9.84. The normalized spacial score (nSPS) is 22.7. The van der Waals surface area contributed by atoms with Crippen LogP contribution in [0.15, 0.2) is 69.6 Å². The van der Waals surface area contributed by atoms with Gasteiger partial charge in [0.25, 0.3) is 0 Å². The number of aliphatic hydroxyl groups excluding tert-OH is 2. The maximum atomic E-state index is 15.5. The molecule has 3 saturated heterocycles. The van der Waals surface area contributed by atoms with E-state index < -0.39 is 138 Å². The summed E-state index contributed by atoms with van der Waals surface area (Å²) in [6, 6.07) is 3.92. The summed E-state index contributed by atoms with van der Waals surface area (Å²) < 4.78 is 0. The summed E-state index contributed by atoms with van der Waals surface area (Å²) in [4.78, 5) is 161. The highest BCUT2D eigenvalue weighted by Gasteiger charge is 2.52. The molecule has 32 nitrogen and oxygen atoms in total. The average Bonchev–Trinajstić information content (AvgIpc) is 1.74. The standard InChI is InChI=1S/C63H95N19O13/c1-35(74-52(87)47-30-40(84)33-81(47)56(91)46-23-13-27-79(46)54(89)42(20-11-25-72-61(67)68)75-51(86)41(64)19-10-24-71-60(65)66)50(85)78-63(2,31-36-14-4-3-5-15-36)59(95)77-44(34-83)55(90)80-32-39-18-7-6-16-37(39)28-49(80)57(92)82-45-22-9-8-17-38(45)29-48(82)53(88)76-43(58(93)94)21-12-26-73-62(69)70/h3-7,14-16,18,35,38,40-49,83-84H,8-13,17,19-34,64H2,1-2H3,(H,74,87)(H,75,86)(H,76,88)(H,77,95)(H,78,85)(H,93,94)(H4,65,66,71)(H4,67,68,72)(H4,69,70,73)/t35?,38?,40-,41+,42-,43-,44-,45?,46-,47-,48-,49+,63-/m0/s1. The zero-order valence-electron chi connectivity index (χ0n) is 54.0. The third kappa shape index (κ3) is 19.3. The molecule has 0 radical (unpaired) electrons. The smallest absolute Gasteiger partial charge is 0.326 e. The number of nitrogens with one attached hydrogen (secondary N) is 5. The van der Waals surface area contributed by atoms with Crippen LogP contribution < -0.4 is 66.7 Å². The Morgan fingerprint density at radius 1 is 0.621 bits per heavy atom. The molecule has 9 amide bonds. The quantitative estimate of drug-likeness (QED) is 0.0200. The van der Waals surface area contributed by atoms with E-state index in [-0.39, 0.29) is 127 Å². The number of aliphatic hydroxyl groups is 2. The number of nitrogens with two attached hydrogens (primary N) is 7. The van der Waals surface area contributed by atoms with Gasteiger partial charge >= 0.3 is 5.97 Å². The SMILES string of the molecule is CC(NC(=O)[C@@H]1C[C@H](O)CN1C(=O)[C@@H]1CCCN1C(=O)[C@H](CCCN=C(N)N)NC(=O)[C@H](N)CCCN=C(N)N)C(=O)N[C@@](C)(Cc1ccccc1)C(=O)N[C@@H](CO)C(=O)N1Cc2ccccc2C[C@@H]1C(=O)N1C2CCCCC2C[C@H]1C(=O)N[C@@H](CCCN=C(N)N)C(=O)O. The highest BCUT2D eigenvalue weighted by Crippen LogP contribution is 2.41. The Morgan fingerprint density at radius 3 is 1.84 bits per heavy atom. The van der Waals surface area contributed by atoms with Crippen molar-refractivity contribution >= 4 is 77.0 Å². The number of hydrogen-bond acceptors (Lipinski definition) is 16. The van der Waals surface area contributed by atoms with Gasteiger partial charge in [-0.05, 0) is 107 Å². The van der Waals surface area contributed by atoms with Crippen molar-refractivity contribution in [3.63, 3.8) is 0 Å². The first-order chi connectivity index (χ1) is 45.2. The molecule has 2 aromatic rings. The van der Waals surface area contributed by atoms with Crippen LogP contribution in [0.5, 0.6) is 0 Å². The van der Waals surface area contributed by atoms with E-state index in [1.807, 2.05) is 6.07 Å². The third-order valence-electron chi connectivity index (χ3n) is 18.4. The third-order valence-corrected chi connectivity index (χ3v) is 18.4. The Morgan fingerprint density at radius 2 is 1.21 bits per heavy atom. The van der Waals surface area contributed by atoms with Gasteiger partial charge in [0.1, 0.15) is 53.9 Å². The van der Waals surface area contributed by atoms with Crippen molar-refractivity contribution in [2.75, 3.05) is 39.3 Å². The number of carboxylic acids is 1. The molecule has 4 fully saturated rings. The first kappa shape index (κ1) is 73.2. The summed E-state index contributed by atoms with van der Waals surface area (Å²) in [7, 11) is 0. The van der Waals surface area contributed by atoms with Gasteiger partial charge in [0.05, 0.1) is 18.8 Å². The molecule has 0 spiro atoms. The second-order valence-electron chi connectivity index (χ2n) is 25.5. The lowest BCUT2D eigenvalue weighted by molar-refractivity contribution is -0.154. The summed E-state index contributed by atoms with van der Waals surface area (Å²) in [5, 5.41) is 45.6. The number of carbonyl (C=O) groups is 10. The maximum absolute atomic E-state index is 15.5. The van der Waals surface area contributed by atoms with Crippen LogP contribution in [0.2, 0.25) is 0 Å². The van der Waals surface area contributed by atoms with Crippen LogP contribution in [0, 0.1) is 5.92 Å². The summed E-state index contributed by atoms with van der Waals surface area (Å²) in [6.45, 7) is 1.94. The van der Waals surface area contributed by atoms with Crippen LogP contribution in [-0.4, -0.2) is 223 Å². The molecule has 7 rings (SSSR count). The molecule has 5 aliphatic rings. The van der Waals surface area contributed by atoms with Crippen molar-refractivity contribution in [2.45, 2.75) is 195 Å². The van der Waals surface area contributed by atoms with Gasteiger partial charge in [0.2, 0.25) is 53.2 Å². The van der Waals surface area contributed by atoms with Crippen LogP contribution in [0.1, 0.15) is 120 Å². The molecule has 13 atom stereocenters. The minimum Gasteiger partial charge on any atom is -0.480 e. The predicted octanol–water partition coefficient (Wildman–Crippen LogP) is -4.31. The minimum atomic E-state index is -1.92. The second kappa shape index (κ2) is 33.8. The molecule has 1 saturated carbocycles. The minimum absolute atomic E-state index is 0.0000555. The molecule has 520 valence electrons. The van der Waals surface area contributed by atoms with Gasteiger partial charge in [-0.3, -0.25) is 58.1 Å². The topological polar surface area (TPSA) is 524 Å². The lowest BCUT2D eigenvalue weighted by Crippen LogP contribution is -2.66. The van der Waals surface area contributed by atoms with E-state index in [0.29, 0.717) is 36.8 Å². The zero-order chi connectivity index (χ0) is 69.3. The van der Waals surface area contributed by atoms with E-state index in [0.717, 1.165) is 23.3 Å². The number of nitrogens with zero attached hydrogens (tertiary/aromatic N) is 7. The maximum Gasteiger partial charge on any atom is 0.326 e. The van der Waals surface area contributed by atoms with Gasteiger partial charge < -0.3 is 102 Å². The van der Waals surface area contributed by atoms with Crippen LogP contribution in [0.25, 0.3) is 0 Å². The summed E-state index contributed by atoms with van der Waals surface area (Å²) in [5.74, 6) is -8.45. The number of amides is 9. The summed E-state index contributed by atoms with van der Waals surface area (Å²) >= 11 is 0. The molecule has 32 heteroatoms. The molecule has 95 heavy (non-hydrogen) atoms. The molecule has 0 bridgehead atoms. The van der Waals surface area contributed by atoms with E-state index in [1.165, 1.54) is 28.5 Å². The number of carboxylic acid groups (broad SMARTS) is 1. The van der Waals surface area contributed by atoms with E-state index in [2.05, 4.69) is 41.6 Å². The Bertz CT molecular complexity index is 3180. The Balaban J connectivity index is 1.06. The van der Waals surface area contributed by atoms with Gasteiger partial charge in [-0.2, -0.15) is 0 Å². The molecule has 3 unspecified atom stereocenters. The second-order valence-corrected chi connectivity index (χ2v) is 25.5. The van der Waals surface area contributed by atoms with Crippen molar-refractivity contribution in [1.29, 1.82) is 0 Å². The molecule has 4 aliphatic heterocycles.